The Kier molecular flexibility index (Phi) is 4.59. The Bertz CT molecular complexity index is 512. The second-order valence-electron chi connectivity index (χ2n) is 4.35. The van der Waals surface area contributed by atoms with Gasteiger partial charge in [0, 0.05) is 5.02 Å². The number of allylic oxidation sites excluding steroid dienone is 1. The van der Waals surface area contributed by atoms with Gasteiger partial charge in [0.05, 0.1) is 11.9 Å². The van der Waals surface area contributed by atoms with Crippen LogP contribution < -0.4 is 0 Å². The number of benzene rings is 1. The van der Waals surface area contributed by atoms with Gasteiger partial charge in [0.15, 0.2) is 0 Å². The maximum atomic E-state index is 5.84. The lowest BCUT2D eigenvalue weighted by atomic mass is 10.1. The number of hydrogen-bond donors (Lipinski definition) is 1. The lowest BCUT2D eigenvalue weighted by molar-refractivity contribution is 0.845. The van der Waals surface area contributed by atoms with Crippen molar-refractivity contribution in [3.8, 4) is 0 Å². The van der Waals surface area contributed by atoms with Gasteiger partial charge in [-0.3, -0.25) is 0 Å². The number of rotatable bonds is 5. The van der Waals surface area contributed by atoms with Crippen LogP contribution in [0.4, 0.5) is 0 Å². The molecular formula is C15H17ClN2. The number of halogens is 1. The zero-order valence-electron chi connectivity index (χ0n) is 10.5. The molecule has 0 saturated heterocycles. The van der Waals surface area contributed by atoms with Gasteiger partial charge in [0.25, 0.3) is 0 Å². The van der Waals surface area contributed by atoms with Crippen molar-refractivity contribution in [1.29, 1.82) is 0 Å². The summed E-state index contributed by atoms with van der Waals surface area (Å²) in [6, 6.07) is 8.06. The van der Waals surface area contributed by atoms with Crippen LogP contribution in [0.25, 0.3) is 6.08 Å². The molecule has 2 rings (SSSR count). The van der Waals surface area contributed by atoms with Crippen LogP contribution in [0, 0.1) is 6.92 Å². The molecule has 0 aliphatic heterocycles. The van der Waals surface area contributed by atoms with Gasteiger partial charge in [-0.2, -0.15) is 0 Å². The number of H-pyrrole nitrogens is 1. The fraction of sp³-hybridized carbons (Fsp3) is 0.267. The standard InChI is InChI=1S/C15H17ClN2/c1-12-17-11-15(18-12)6-4-2-3-5-13-7-9-14(16)10-8-13/h4,6-11H,2-3,5H2,1H3,(H,17,18)/b6-4+. The number of nitrogens with zero attached hydrogens (tertiary/aromatic N) is 1. The zero-order chi connectivity index (χ0) is 12.8. The van der Waals surface area contributed by atoms with Gasteiger partial charge in [-0.25, -0.2) is 4.98 Å². The smallest absolute Gasteiger partial charge is 0.103 e. The van der Waals surface area contributed by atoms with E-state index in [1.807, 2.05) is 25.3 Å². The first-order chi connectivity index (χ1) is 8.74. The van der Waals surface area contributed by atoms with Crippen molar-refractivity contribution in [2.24, 2.45) is 0 Å². The summed E-state index contributed by atoms with van der Waals surface area (Å²) < 4.78 is 0. The third-order valence-electron chi connectivity index (χ3n) is 2.77. The molecule has 0 radical (unpaired) electrons. The number of unbranched alkanes of at least 4 members (excludes halogenated alkanes) is 1. The molecule has 1 aromatic heterocycles. The van der Waals surface area contributed by atoms with E-state index in [0.29, 0.717) is 0 Å². The third-order valence-corrected chi connectivity index (χ3v) is 3.02. The highest BCUT2D eigenvalue weighted by Gasteiger charge is 1.93. The van der Waals surface area contributed by atoms with Gasteiger partial charge in [-0.1, -0.05) is 29.8 Å². The Hall–Kier alpha value is -1.54. The molecule has 2 nitrogen and oxygen atoms in total. The fourth-order valence-corrected chi connectivity index (χ4v) is 1.94. The number of aryl methyl sites for hydroxylation is 2. The molecule has 1 aromatic carbocycles. The Morgan fingerprint density at radius 3 is 2.72 bits per heavy atom. The van der Waals surface area contributed by atoms with Crippen LogP contribution in [0.1, 0.15) is 29.9 Å². The molecule has 18 heavy (non-hydrogen) atoms. The highest BCUT2D eigenvalue weighted by atomic mass is 35.5. The number of aromatic amines is 1. The average Bonchev–Trinajstić information content (AvgIpc) is 2.77. The Morgan fingerprint density at radius 2 is 2.06 bits per heavy atom. The number of hydrogen-bond acceptors (Lipinski definition) is 1. The Balaban J connectivity index is 1.73. The normalized spacial score (nSPS) is 11.2. The molecule has 94 valence electrons. The van der Waals surface area contributed by atoms with E-state index in [1.54, 1.807) is 0 Å². The highest BCUT2D eigenvalue weighted by molar-refractivity contribution is 6.30. The first-order valence-corrected chi connectivity index (χ1v) is 6.54. The van der Waals surface area contributed by atoms with Gasteiger partial charge in [-0.15, -0.1) is 0 Å². The molecule has 1 heterocycles. The molecule has 0 saturated carbocycles. The monoisotopic (exact) mass is 260 g/mol. The van der Waals surface area contributed by atoms with E-state index in [2.05, 4.69) is 34.3 Å². The van der Waals surface area contributed by atoms with Crippen molar-refractivity contribution in [2.45, 2.75) is 26.2 Å². The predicted molar refractivity (Wildman–Crippen MR) is 76.7 cm³/mol. The van der Waals surface area contributed by atoms with E-state index in [1.165, 1.54) is 5.56 Å². The second kappa shape index (κ2) is 6.41. The van der Waals surface area contributed by atoms with E-state index >= 15 is 0 Å². The van der Waals surface area contributed by atoms with Gasteiger partial charge in [0.2, 0.25) is 0 Å². The van der Waals surface area contributed by atoms with E-state index in [0.717, 1.165) is 35.8 Å². The van der Waals surface area contributed by atoms with Crippen LogP contribution in [-0.4, -0.2) is 9.97 Å². The molecule has 0 fully saturated rings. The molecule has 0 spiro atoms. The van der Waals surface area contributed by atoms with Gasteiger partial charge >= 0.3 is 0 Å². The minimum Gasteiger partial charge on any atom is -0.343 e. The lowest BCUT2D eigenvalue weighted by Crippen LogP contribution is -1.83. The van der Waals surface area contributed by atoms with Crippen LogP contribution in [0.3, 0.4) is 0 Å². The molecule has 0 unspecified atom stereocenters. The largest absolute Gasteiger partial charge is 0.343 e. The first kappa shape index (κ1) is 12.9. The zero-order valence-corrected chi connectivity index (χ0v) is 11.2. The highest BCUT2D eigenvalue weighted by Crippen LogP contribution is 2.12. The molecule has 0 aliphatic rings. The van der Waals surface area contributed by atoms with Crippen molar-refractivity contribution in [3.05, 3.63) is 58.6 Å². The maximum absolute atomic E-state index is 5.84. The van der Waals surface area contributed by atoms with Crippen LogP contribution in [0.5, 0.6) is 0 Å². The number of imidazole rings is 1. The summed E-state index contributed by atoms with van der Waals surface area (Å²) in [6.45, 7) is 1.96. The lowest BCUT2D eigenvalue weighted by Gasteiger charge is -1.99. The average molecular weight is 261 g/mol. The minimum atomic E-state index is 0.799. The van der Waals surface area contributed by atoms with E-state index in [-0.39, 0.29) is 0 Å². The Morgan fingerprint density at radius 1 is 1.28 bits per heavy atom. The van der Waals surface area contributed by atoms with Gasteiger partial charge < -0.3 is 4.98 Å². The van der Waals surface area contributed by atoms with E-state index in [9.17, 15) is 0 Å². The molecular weight excluding hydrogens is 244 g/mol. The SMILES string of the molecule is Cc1ncc(/C=C/CCCc2ccc(Cl)cc2)[nH]1. The second-order valence-corrected chi connectivity index (χ2v) is 4.78. The molecule has 0 atom stereocenters. The van der Waals surface area contributed by atoms with Crippen molar-refractivity contribution >= 4 is 17.7 Å². The summed E-state index contributed by atoms with van der Waals surface area (Å²) >= 11 is 5.84. The van der Waals surface area contributed by atoms with Crippen LogP contribution in [0.15, 0.2) is 36.5 Å². The summed E-state index contributed by atoms with van der Waals surface area (Å²) in [5.74, 6) is 0.954. The van der Waals surface area contributed by atoms with Crippen LogP contribution in [0.2, 0.25) is 5.02 Å². The van der Waals surface area contributed by atoms with Crippen LogP contribution >= 0.6 is 11.6 Å². The van der Waals surface area contributed by atoms with Crippen molar-refractivity contribution in [1.82, 2.24) is 9.97 Å². The predicted octanol–water partition coefficient (Wildman–Crippen LogP) is 4.41. The third kappa shape index (κ3) is 4.04. The quantitative estimate of drug-likeness (QED) is 0.793. The number of aromatic nitrogens is 2. The number of nitrogens with one attached hydrogen (secondary N) is 1. The van der Waals surface area contributed by atoms with Crippen LogP contribution in [-0.2, 0) is 6.42 Å². The molecule has 0 amide bonds. The summed E-state index contributed by atoms with van der Waals surface area (Å²) in [5.41, 5.74) is 2.41. The first-order valence-electron chi connectivity index (χ1n) is 6.16. The van der Waals surface area contributed by atoms with Crippen molar-refractivity contribution in [2.75, 3.05) is 0 Å². The van der Waals surface area contributed by atoms with Gasteiger partial charge in [-0.05, 0) is 50.0 Å². The molecule has 0 aliphatic carbocycles. The topological polar surface area (TPSA) is 28.7 Å². The molecule has 0 bridgehead atoms. The van der Waals surface area contributed by atoms with Crippen molar-refractivity contribution < 1.29 is 0 Å². The van der Waals surface area contributed by atoms with Crippen molar-refractivity contribution in [3.63, 3.8) is 0 Å². The fourth-order valence-electron chi connectivity index (χ4n) is 1.81. The minimum absolute atomic E-state index is 0.799. The molecule has 3 heteroatoms. The summed E-state index contributed by atoms with van der Waals surface area (Å²) in [6.07, 6.45) is 9.42. The van der Waals surface area contributed by atoms with Gasteiger partial charge in [0.1, 0.15) is 5.82 Å². The summed E-state index contributed by atoms with van der Waals surface area (Å²) in [7, 11) is 0. The maximum Gasteiger partial charge on any atom is 0.103 e. The van der Waals surface area contributed by atoms with E-state index < -0.39 is 0 Å². The molecule has 2 aromatic rings. The summed E-state index contributed by atoms with van der Waals surface area (Å²) in [4.78, 5) is 7.33. The van der Waals surface area contributed by atoms with E-state index in [4.69, 9.17) is 11.6 Å². The summed E-state index contributed by atoms with van der Waals surface area (Å²) in [5, 5.41) is 0.799. The molecule has 1 N–H and O–H groups in total. The Labute approximate surface area is 113 Å².